The Morgan fingerprint density at radius 2 is 0.683 bits per heavy atom. The van der Waals surface area contributed by atoms with Crippen molar-refractivity contribution in [3.63, 3.8) is 0 Å². The summed E-state index contributed by atoms with van der Waals surface area (Å²) in [5.74, 6) is 0.869. The zero-order valence-electron chi connectivity index (χ0n) is 34.1. The molecule has 2 nitrogen and oxygen atoms in total. The Balaban J connectivity index is 0.990. The summed E-state index contributed by atoms with van der Waals surface area (Å²) >= 11 is 0. The smallest absolute Gasteiger partial charge is 0.126 e. The van der Waals surface area contributed by atoms with Crippen LogP contribution in [0.3, 0.4) is 0 Å². The van der Waals surface area contributed by atoms with Gasteiger partial charge in [-0.3, -0.25) is 0 Å². The van der Waals surface area contributed by atoms with Gasteiger partial charge in [0.1, 0.15) is 5.75 Å². The second-order valence-electron chi connectivity index (χ2n) is 16.1. The normalized spacial score (nSPS) is 12.4. The predicted octanol–water partition coefficient (Wildman–Crippen LogP) is 15.8. The van der Waals surface area contributed by atoms with E-state index in [4.69, 9.17) is 4.74 Å². The Morgan fingerprint density at radius 1 is 0.317 bits per heavy atom. The number of nitrogens with zero attached hydrogens (tertiary/aromatic N) is 1. The van der Waals surface area contributed by atoms with E-state index in [0.29, 0.717) is 0 Å². The van der Waals surface area contributed by atoms with Gasteiger partial charge < -0.3 is 9.64 Å². The van der Waals surface area contributed by atoms with Gasteiger partial charge in [-0.05, 0) is 127 Å². The molecule has 9 aromatic carbocycles. The summed E-state index contributed by atoms with van der Waals surface area (Å²) in [6.45, 7) is 4.73. The largest absolute Gasteiger partial charge is 0.496 e. The van der Waals surface area contributed by atoms with Crippen molar-refractivity contribution in [3.8, 4) is 72.5 Å². The van der Waals surface area contributed by atoms with Gasteiger partial charge in [-0.25, -0.2) is 0 Å². The van der Waals surface area contributed by atoms with Crippen LogP contribution < -0.4 is 9.64 Å². The maximum atomic E-state index is 5.73. The van der Waals surface area contributed by atoms with Crippen LogP contribution in [-0.2, 0) is 5.41 Å². The molecule has 0 aromatic heterocycles. The van der Waals surface area contributed by atoms with Crippen molar-refractivity contribution in [1.82, 2.24) is 0 Å². The van der Waals surface area contributed by atoms with Crippen molar-refractivity contribution in [1.29, 1.82) is 0 Å². The molecule has 9 aromatic rings. The van der Waals surface area contributed by atoms with Crippen LogP contribution in [0.2, 0.25) is 0 Å². The lowest BCUT2D eigenvalue weighted by Gasteiger charge is -2.28. The average molecular weight is 772 g/mol. The molecule has 0 aliphatic heterocycles. The minimum atomic E-state index is -0.167. The quantitative estimate of drug-likeness (QED) is 0.145. The Hall–Kier alpha value is -7.42. The number of hydrogen-bond donors (Lipinski definition) is 0. The molecular weight excluding hydrogens is 727 g/mol. The molecule has 0 fully saturated rings. The molecule has 60 heavy (non-hydrogen) atoms. The maximum Gasteiger partial charge on any atom is 0.126 e. The fourth-order valence-electron chi connectivity index (χ4n) is 8.94. The van der Waals surface area contributed by atoms with Crippen LogP contribution in [0.1, 0.15) is 25.0 Å². The SMILES string of the molecule is COc1ccc(-c2ccc(-c3ccc(N(c4ccc(-c5ccccc5)cc4)c4ccc5c(c4)C(C)(C)c4cc(-c6ccccc6)ccc4-5)cc3)cc2)cc1-c1ccccc1. The van der Waals surface area contributed by atoms with E-state index in [1.807, 2.05) is 6.07 Å². The van der Waals surface area contributed by atoms with Crippen molar-refractivity contribution in [2.24, 2.45) is 0 Å². The molecule has 1 aliphatic rings. The molecule has 0 atom stereocenters. The summed E-state index contributed by atoms with van der Waals surface area (Å²) in [5, 5.41) is 0. The van der Waals surface area contributed by atoms with Gasteiger partial charge in [-0.15, -0.1) is 0 Å². The highest BCUT2D eigenvalue weighted by Crippen LogP contribution is 2.52. The first kappa shape index (κ1) is 36.9. The van der Waals surface area contributed by atoms with Gasteiger partial charge in [0.2, 0.25) is 0 Å². The van der Waals surface area contributed by atoms with E-state index in [-0.39, 0.29) is 5.41 Å². The number of benzene rings is 9. The van der Waals surface area contributed by atoms with Crippen LogP contribution >= 0.6 is 0 Å². The van der Waals surface area contributed by atoms with Gasteiger partial charge in [0.15, 0.2) is 0 Å². The molecule has 0 amide bonds. The summed E-state index contributed by atoms with van der Waals surface area (Å²) in [5.41, 5.74) is 20.3. The number of ether oxygens (including phenoxy) is 1. The molecule has 0 unspecified atom stereocenters. The Morgan fingerprint density at radius 3 is 1.22 bits per heavy atom. The van der Waals surface area contributed by atoms with Crippen LogP contribution in [0.25, 0.3) is 66.8 Å². The molecule has 2 heteroatoms. The van der Waals surface area contributed by atoms with Gasteiger partial charge in [0.25, 0.3) is 0 Å². The second-order valence-corrected chi connectivity index (χ2v) is 16.1. The van der Waals surface area contributed by atoms with Gasteiger partial charge in [-0.1, -0.05) is 178 Å². The van der Waals surface area contributed by atoms with E-state index >= 15 is 0 Å². The highest BCUT2D eigenvalue weighted by molar-refractivity contribution is 5.88. The Bertz CT molecular complexity index is 2930. The van der Waals surface area contributed by atoms with Gasteiger partial charge >= 0.3 is 0 Å². The standard InChI is InChI=1S/C58H45NO/c1-58(2)55-38-48(41-15-9-5-10-16-41)27-34-52(55)53-35-33-51(39-56(53)58)59(49-29-23-43(24-30-49)40-13-7-4-8-14-40)50-31-25-44(26-32-50)42-19-21-45(22-20-42)47-28-36-57(60-3)54(37-47)46-17-11-6-12-18-46/h4-39H,1-3H3. The van der Waals surface area contributed by atoms with Crippen LogP contribution in [0.5, 0.6) is 5.75 Å². The lowest BCUT2D eigenvalue weighted by molar-refractivity contribution is 0.416. The van der Waals surface area contributed by atoms with Gasteiger partial charge in [0.05, 0.1) is 7.11 Å². The maximum absolute atomic E-state index is 5.73. The monoisotopic (exact) mass is 771 g/mol. The first-order chi connectivity index (χ1) is 29.4. The summed E-state index contributed by atoms with van der Waals surface area (Å²) in [7, 11) is 1.73. The molecule has 10 rings (SSSR count). The molecule has 0 saturated carbocycles. The van der Waals surface area contributed by atoms with E-state index in [1.54, 1.807) is 7.11 Å². The first-order valence-electron chi connectivity index (χ1n) is 20.7. The van der Waals surface area contributed by atoms with Crippen molar-refractivity contribution in [3.05, 3.63) is 230 Å². The third-order valence-corrected chi connectivity index (χ3v) is 12.2. The fraction of sp³-hybridized carbons (Fsp3) is 0.0690. The van der Waals surface area contributed by atoms with Crippen LogP contribution in [-0.4, -0.2) is 7.11 Å². The minimum Gasteiger partial charge on any atom is -0.496 e. The molecule has 0 radical (unpaired) electrons. The van der Waals surface area contributed by atoms with E-state index < -0.39 is 0 Å². The fourth-order valence-corrected chi connectivity index (χ4v) is 8.94. The van der Waals surface area contributed by atoms with Crippen molar-refractivity contribution in [2.75, 3.05) is 12.0 Å². The Kier molecular flexibility index (Phi) is 9.47. The molecule has 0 bridgehead atoms. The summed E-state index contributed by atoms with van der Waals surface area (Å²) in [6.07, 6.45) is 0. The lowest BCUT2D eigenvalue weighted by atomic mass is 9.81. The molecule has 0 heterocycles. The second kappa shape index (κ2) is 15.4. The Labute approximate surface area is 353 Å². The first-order valence-corrected chi connectivity index (χ1v) is 20.7. The average Bonchev–Trinajstić information content (AvgIpc) is 3.54. The van der Waals surface area contributed by atoms with Crippen LogP contribution in [0.15, 0.2) is 218 Å². The molecule has 288 valence electrons. The highest BCUT2D eigenvalue weighted by atomic mass is 16.5. The van der Waals surface area contributed by atoms with E-state index in [0.717, 1.165) is 39.5 Å². The number of rotatable bonds is 9. The van der Waals surface area contributed by atoms with E-state index in [2.05, 4.69) is 231 Å². The van der Waals surface area contributed by atoms with Gasteiger partial charge in [-0.2, -0.15) is 0 Å². The molecule has 0 saturated heterocycles. The molecular formula is C58H45NO. The zero-order valence-corrected chi connectivity index (χ0v) is 34.1. The predicted molar refractivity (Wildman–Crippen MR) is 252 cm³/mol. The summed E-state index contributed by atoms with van der Waals surface area (Å²) < 4.78 is 5.73. The molecule has 1 aliphatic carbocycles. The highest BCUT2D eigenvalue weighted by Gasteiger charge is 2.36. The minimum absolute atomic E-state index is 0.167. The number of hydrogen-bond acceptors (Lipinski definition) is 2. The van der Waals surface area contributed by atoms with Crippen molar-refractivity contribution < 1.29 is 4.74 Å². The van der Waals surface area contributed by atoms with E-state index in [9.17, 15) is 0 Å². The van der Waals surface area contributed by atoms with Crippen molar-refractivity contribution in [2.45, 2.75) is 19.3 Å². The molecule has 0 N–H and O–H groups in total. The van der Waals surface area contributed by atoms with E-state index in [1.165, 1.54) is 61.2 Å². The number of methoxy groups -OCH3 is 1. The number of anilines is 3. The zero-order chi connectivity index (χ0) is 40.6. The van der Waals surface area contributed by atoms with Crippen LogP contribution in [0.4, 0.5) is 17.1 Å². The molecule has 0 spiro atoms. The van der Waals surface area contributed by atoms with Crippen LogP contribution in [0, 0.1) is 0 Å². The summed E-state index contributed by atoms with van der Waals surface area (Å²) in [6, 6.07) is 79.0. The van der Waals surface area contributed by atoms with Gasteiger partial charge in [0, 0.05) is 28.0 Å². The topological polar surface area (TPSA) is 12.5 Å². The lowest BCUT2D eigenvalue weighted by Crippen LogP contribution is -2.16. The third-order valence-electron chi connectivity index (χ3n) is 12.2. The summed E-state index contributed by atoms with van der Waals surface area (Å²) in [4.78, 5) is 2.39. The third kappa shape index (κ3) is 6.76. The number of fused-ring (bicyclic) bond motifs is 3. The van der Waals surface area contributed by atoms with Crippen molar-refractivity contribution >= 4 is 17.1 Å².